The molecule has 0 bridgehead atoms. The Bertz CT molecular complexity index is 358. The second-order valence-corrected chi connectivity index (χ2v) is 12.5. The number of ether oxygens (including phenoxy) is 1. The summed E-state index contributed by atoms with van der Waals surface area (Å²) in [5.74, 6) is -0.0619. The Morgan fingerprint density at radius 3 is 1.65 bits per heavy atom. The highest BCUT2D eigenvalue weighted by Crippen LogP contribution is 2.61. The third-order valence-corrected chi connectivity index (χ3v) is 10.3. The molecule has 0 heterocycles. The van der Waals surface area contributed by atoms with Gasteiger partial charge in [0.2, 0.25) is 0 Å². The standard InChI is InChI=1S/C22H44O3P/c1-6-9-16-26(17-10-7-2,18-11-8-3)19-12-15-25-22(24)14-13-21(23)20(4)5/h20H,6-19H2,1-5H3/q+1. The second-order valence-electron chi connectivity index (χ2n) is 7.99. The maximum atomic E-state index is 11.8. The van der Waals surface area contributed by atoms with E-state index in [0.29, 0.717) is 13.0 Å². The van der Waals surface area contributed by atoms with Crippen molar-refractivity contribution in [2.24, 2.45) is 5.92 Å². The van der Waals surface area contributed by atoms with Gasteiger partial charge in [0, 0.05) is 26.0 Å². The van der Waals surface area contributed by atoms with Crippen molar-refractivity contribution in [1.29, 1.82) is 0 Å². The monoisotopic (exact) mass is 387 g/mol. The minimum atomic E-state index is -0.895. The number of Topliss-reactive ketones (excluding diaryl/α,β-unsaturated/α-hetero) is 1. The van der Waals surface area contributed by atoms with Crippen molar-refractivity contribution >= 4 is 19.0 Å². The highest BCUT2D eigenvalue weighted by atomic mass is 31.2. The lowest BCUT2D eigenvalue weighted by Crippen LogP contribution is -2.16. The molecule has 154 valence electrons. The van der Waals surface area contributed by atoms with Gasteiger partial charge in [0.15, 0.2) is 0 Å². The minimum Gasteiger partial charge on any atom is -0.466 e. The van der Waals surface area contributed by atoms with Crippen LogP contribution in [0.1, 0.15) is 92.4 Å². The van der Waals surface area contributed by atoms with Gasteiger partial charge < -0.3 is 4.74 Å². The first kappa shape index (κ1) is 25.6. The number of rotatable bonds is 17. The summed E-state index contributed by atoms with van der Waals surface area (Å²) in [6.07, 6.45) is 14.9. The lowest BCUT2D eigenvalue weighted by molar-refractivity contribution is -0.145. The predicted octanol–water partition coefficient (Wildman–Crippen LogP) is 6.34. The molecule has 0 aromatic carbocycles. The molecule has 3 nitrogen and oxygen atoms in total. The average Bonchev–Trinajstić information content (AvgIpc) is 2.63. The summed E-state index contributed by atoms with van der Waals surface area (Å²) < 4.78 is 5.41. The first-order chi connectivity index (χ1) is 12.4. The van der Waals surface area contributed by atoms with E-state index in [1.54, 1.807) is 0 Å². The van der Waals surface area contributed by atoms with E-state index in [1.807, 2.05) is 13.8 Å². The van der Waals surface area contributed by atoms with Gasteiger partial charge in [-0.05, 0) is 19.3 Å². The summed E-state index contributed by atoms with van der Waals surface area (Å²) in [6, 6.07) is 0. The van der Waals surface area contributed by atoms with E-state index < -0.39 is 7.26 Å². The average molecular weight is 388 g/mol. The van der Waals surface area contributed by atoms with E-state index in [4.69, 9.17) is 4.74 Å². The number of unbranched alkanes of at least 4 members (excludes halogenated alkanes) is 3. The summed E-state index contributed by atoms with van der Waals surface area (Å²) in [7, 11) is -0.895. The Hall–Kier alpha value is -0.430. The van der Waals surface area contributed by atoms with Crippen LogP contribution in [0.5, 0.6) is 0 Å². The van der Waals surface area contributed by atoms with Gasteiger partial charge in [0.25, 0.3) is 0 Å². The molecule has 26 heavy (non-hydrogen) atoms. The molecule has 0 aliphatic rings. The fourth-order valence-electron chi connectivity index (χ4n) is 3.32. The lowest BCUT2D eigenvalue weighted by atomic mass is 10.1. The van der Waals surface area contributed by atoms with E-state index in [-0.39, 0.29) is 24.1 Å². The van der Waals surface area contributed by atoms with E-state index in [0.717, 1.165) is 6.42 Å². The van der Waals surface area contributed by atoms with Gasteiger partial charge in [-0.1, -0.05) is 53.9 Å². The van der Waals surface area contributed by atoms with Gasteiger partial charge in [-0.3, -0.25) is 9.59 Å². The molecule has 0 atom stereocenters. The minimum absolute atomic E-state index is 0.00362. The Morgan fingerprint density at radius 1 is 0.769 bits per heavy atom. The van der Waals surface area contributed by atoms with E-state index >= 15 is 0 Å². The molecule has 0 N–H and O–H groups in total. The van der Waals surface area contributed by atoms with Gasteiger partial charge in [-0.2, -0.15) is 0 Å². The number of esters is 1. The summed E-state index contributed by atoms with van der Waals surface area (Å²) in [4.78, 5) is 23.5. The molecule has 0 saturated carbocycles. The third kappa shape index (κ3) is 12.0. The first-order valence-corrected chi connectivity index (χ1v) is 13.5. The molecule has 0 amide bonds. The van der Waals surface area contributed by atoms with Crippen LogP contribution in [0.2, 0.25) is 0 Å². The van der Waals surface area contributed by atoms with E-state index in [2.05, 4.69) is 20.8 Å². The van der Waals surface area contributed by atoms with Crippen molar-refractivity contribution in [2.45, 2.75) is 92.4 Å². The Kier molecular flexibility index (Phi) is 15.4. The molecule has 0 rings (SSSR count). The molecule has 0 aromatic heterocycles. The Labute approximate surface area is 163 Å². The quantitative estimate of drug-likeness (QED) is 0.166. The SMILES string of the molecule is CCCC[P+](CCCC)(CCCC)CCCOC(=O)CCC(=O)C(C)C. The first-order valence-electron chi connectivity index (χ1n) is 10.9. The lowest BCUT2D eigenvalue weighted by Gasteiger charge is -2.28. The molecule has 0 fully saturated rings. The van der Waals surface area contributed by atoms with Crippen molar-refractivity contribution in [3.05, 3.63) is 0 Å². The zero-order chi connectivity index (χ0) is 19.8. The molecule has 0 spiro atoms. The molecule has 0 aliphatic heterocycles. The van der Waals surface area contributed by atoms with E-state index in [1.165, 1.54) is 63.2 Å². The van der Waals surface area contributed by atoms with Crippen LogP contribution >= 0.6 is 7.26 Å². The van der Waals surface area contributed by atoms with Gasteiger partial charge in [0.05, 0.1) is 37.7 Å². The fourth-order valence-corrected chi connectivity index (χ4v) is 8.43. The van der Waals surface area contributed by atoms with Crippen molar-refractivity contribution < 1.29 is 14.3 Å². The van der Waals surface area contributed by atoms with Crippen molar-refractivity contribution in [3.8, 4) is 0 Å². The Morgan fingerprint density at radius 2 is 1.23 bits per heavy atom. The third-order valence-electron chi connectivity index (χ3n) is 5.22. The van der Waals surface area contributed by atoms with Gasteiger partial charge in [-0.15, -0.1) is 0 Å². The molecule has 0 aliphatic carbocycles. The number of carbonyl (C=O) groups excluding carboxylic acids is 2. The molecular weight excluding hydrogens is 343 g/mol. The topological polar surface area (TPSA) is 43.4 Å². The predicted molar refractivity (Wildman–Crippen MR) is 116 cm³/mol. The van der Waals surface area contributed by atoms with Gasteiger partial charge in [0.1, 0.15) is 5.78 Å². The fraction of sp³-hybridized carbons (Fsp3) is 0.909. The molecule has 0 unspecified atom stereocenters. The van der Waals surface area contributed by atoms with Crippen LogP contribution in [0.4, 0.5) is 0 Å². The van der Waals surface area contributed by atoms with Crippen LogP contribution in [-0.4, -0.2) is 43.0 Å². The molecule has 0 aromatic rings. The zero-order valence-electron chi connectivity index (χ0n) is 18.1. The number of carbonyl (C=O) groups is 2. The van der Waals surface area contributed by atoms with Crippen molar-refractivity contribution in [1.82, 2.24) is 0 Å². The second kappa shape index (κ2) is 15.6. The van der Waals surface area contributed by atoms with Crippen LogP contribution < -0.4 is 0 Å². The summed E-state index contributed by atoms with van der Waals surface area (Å²) in [6.45, 7) is 11.1. The maximum absolute atomic E-state index is 11.8. The van der Waals surface area contributed by atoms with Crippen LogP contribution in [-0.2, 0) is 14.3 Å². The number of hydrogen-bond acceptors (Lipinski definition) is 3. The zero-order valence-corrected chi connectivity index (χ0v) is 19.0. The molecule has 0 radical (unpaired) electrons. The summed E-state index contributed by atoms with van der Waals surface area (Å²) >= 11 is 0. The Balaban J connectivity index is 4.39. The highest BCUT2D eigenvalue weighted by Gasteiger charge is 2.34. The smallest absolute Gasteiger partial charge is 0.306 e. The number of hydrogen-bond donors (Lipinski definition) is 0. The molecular formula is C22H44O3P+. The van der Waals surface area contributed by atoms with Crippen molar-refractivity contribution in [2.75, 3.05) is 31.3 Å². The van der Waals surface area contributed by atoms with Crippen LogP contribution in [0.3, 0.4) is 0 Å². The van der Waals surface area contributed by atoms with Gasteiger partial charge in [-0.25, -0.2) is 0 Å². The highest BCUT2D eigenvalue weighted by molar-refractivity contribution is 7.75. The summed E-state index contributed by atoms with van der Waals surface area (Å²) in [5.41, 5.74) is 0. The molecule has 0 saturated heterocycles. The summed E-state index contributed by atoms with van der Waals surface area (Å²) in [5, 5.41) is 0. The van der Waals surface area contributed by atoms with Gasteiger partial charge >= 0.3 is 5.97 Å². The maximum Gasteiger partial charge on any atom is 0.306 e. The molecule has 4 heteroatoms. The largest absolute Gasteiger partial charge is 0.466 e. The normalized spacial score (nSPS) is 11.8. The van der Waals surface area contributed by atoms with Crippen molar-refractivity contribution in [3.63, 3.8) is 0 Å². The van der Waals surface area contributed by atoms with Crippen LogP contribution in [0.15, 0.2) is 0 Å². The number of ketones is 1. The van der Waals surface area contributed by atoms with E-state index in [9.17, 15) is 9.59 Å². The van der Waals surface area contributed by atoms with Crippen LogP contribution in [0, 0.1) is 5.92 Å². The van der Waals surface area contributed by atoms with Crippen LogP contribution in [0.25, 0.3) is 0 Å².